The van der Waals surface area contributed by atoms with E-state index in [0.717, 1.165) is 5.92 Å². The molecule has 1 aliphatic rings. The van der Waals surface area contributed by atoms with Crippen molar-refractivity contribution in [2.24, 2.45) is 11.8 Å². The Morgan fingerprint density at radius 1 is 1.62 bits per heavy atom. The molecule has 0 spiro atoms. The van der Waals surface area contributed by atoms with E-state index in [0.29, 0.717) is 12.5 Å². The summed E-state index contributed by atoms with van der Waals surface area (Å²) in [6.07, 6.45) is 5.50. The highest BCUT2D eigenvalue weighted by atomic mass is 16.2. The van der Waals surface area contributed by atoms with Gasteiger partial charge in [-0.1, -0.05) is 6.92 Å². The van der Waals surface area contributed by atoms with Crippen molar-refractivity contribution in [1.29, 1.82) is 0 Å². The van der Waals surface area contributed by atoms with Crippen LogP contribution in [0.1, 0.15) is 30.1 Å². The van der Waals surface area contributed by atoms with Crippen LogP contribution in [0.25, 0.3) is 0 Å². The van der Waals surface area contributed by atoms with Crippen LogP contribution in [0.4, 0.5) is 0 Å². The number of aromatic nitrogens is 1. The molecule has 1 heterocycles. The Bertz CT molecular complexity index is 435. The molecule has 0 bridgehead atoms. The summed E-state index contributed by atoms with van der Waals surface area (Å²) in [6, 6.07) is 1.36. The molecule has 1 aromatic rings. The highest BCUT2D eigenvalue weighted by Gasteiger charge is 2.28. The van der Waals surface area contributed by atoms with E-state index in [1.165, 1.54) is 31.3 Å². The number of pyridine rings is 1. The zero-order chi connectivity index (χ0) is 11.5. The number of hydrogen-bond acceptors (Lipinski definition) is 2. The summed E-state index contributed by atoms with van der Waals surface area (Å²) < 4.78 is 0. The fourth-order valence-electron chi connectivity index (χ4n) is 1.77. The predicted octanol–water partition coefficient (Wildman–Crippen LogP) is 1.15. The molecule has 1 fully saturated rings. The molecule has 86 valence electrons. The summed E-state index contributed by atoms with van der Waals surface area (Å²) in [5.41, 5.74) is -0.0548. The van der Waals surface area contributed by atoms with Crippen molar-refractivity contribution in [1.82, 2.24) is 10.3 Å². The van der Waals surface area contributed by atoms with Crippen LogP contribution in [0.5, 0.6) is 0 Å². The quantitative estimate of drug-likeness (QED) is 0.799. The van der Waals surface area contributed by atoms with Crippen LogP contribution >= 0.6 is 0 Å². The normalized spacial score (nSPS) is 16.8. The molecule has 1 aromatic heterocycles. The molecule has 1 saturated carbocycles. The van der Waals surface area contributed by atoms with E-state index in [2.05, 4.69) is 17.2 Å². The van der Waals surface area contributed by atoms with Crippen molar-refractivity contribution in [2.75, 3.05) is 6.54 Å². The van der Waals surface area contributed by atoms with Crippen molar-refractivity contribution >= 4 is 5.91 Å². The van der Waals surface area contributed by atoms with Gasteiger partial charge in [0.25, 0.3) is 5.91 Å². The van der Waals surface area contributed by atoms with E-state index in [4.69, 9.17) is 0 Å². The van der Waals surface area contributed by atoms with Crippen LogP contribution in [-0.4, -0.2) is 17.4 Å². The third kappa shape index (κ3) is 2.51. The van der Waals surface area contributed by atoms with Crippen LogP contribution in [-0.2, 0) is 0 Å². The van der Waals surface area contributed by atoms with Gasteiger partial charge >= 0.3 is 0 Å². The topological polar surface area (TPSA) is 62.0 Å². The fourth-order valence-corrected chi connectivity index (χ4v) is 1.77. The van der Waals surface area contributed by atoms with Gasteiger partial charge in [0.15, 0.2) is 5.43 Å². The van der Waals surface area contributed by atoms with Crippen molar-refractivity contribution in [3.8, 4) is 0 Å². The van der Waals surface area contributed by atoms with Gasteiger partial charge in [0.1, 0.15) is 5.56 Å². The average molecular weight is 220 g/mol. The van der Waals surface area contributed by atoms with Crippen molar-refractivity contribution in [3.05, 3.63) is 34.2 Å². The van der Waals surface area contributed by atoms with Crippen molar-refractivity contribution < 1.29 is 4.79 Å². The Labute approximate surface area is 94.1 Å². The fraction of sp³-hybridized carbons (Fsp3) is 0.500. The number of carbonyl (C=O) groups excluding carboxylic acids is 1. The van der Waals surface area contributed by atoms with Crippen molar-refractivity contribution in [3.63, 3.8) is 0 Å². The minimum Gasteiger partial charge on any atom is -0.367 e. The zero-order valence-electron chi connectivity index (χ0n) is 9.32. The van der Waals surface area contributed by atoms with Gasteiger partial charge in [-0.15, -0.1) is 0 Å². The number of H-pyrrole nitrogens is 1. The average Bonchev–Trinajstić information content (AvgIpc) is 3.10. The molecule has 1 unspecified atom stereocenters. The van der Waals surface area contributed by atoms with Gasteiger partial charge < -0.3 is 10.3 Å². The Balaban J connectivity index is 1.92. The molecule has 0 aromatic carbocycles. The smallest absolute Gasteiger partial charge is 0.256 e. The number of amides is 1. The molecule has 2 N–H and O–H groups in total. The van der Waals surface area contributed by atoms with E-state index >= 15 is 0 Å². The third-order valence-electron chi connectivity index (χ3n) is 3.08. The van der Waals surface area contributed by atoms with Gasteiger partial charge in [0.2, 0.25) is 0 Å². The standard InChI is InChI=1S/C12H16N2O2/c1-8(9-2-3-9)6-14-12(16)10-7-13-5-4-11(10)15/h4-5,7-9H,2-3,6H2,1H3,(H,13,15)(H,14,16). The van der Waals surface area contributed by atoms with E-state index in [9.17, 15) is 9.59 Å². The molecule has 0 aliphatic heterocycles. The van der Waals surface area contributed by atoms with Gasteiger partial charge in [-0.2, -0.15) is 0 Å². The minimum atomic E-state index is -0.283. The first-order valence-electron chi connectivity index (χ1n) is 5.64. The summed E-state index contributed by atoms with van der Waals surface area (Å²) in [6.45, 7) is 2.78. The maximum atomic E-state index is 11.7. The maximum Gasteiger partial charge on any atom is 0.256 e. The Hall–Kier alpha value is -1.58. The lowest BCUT2D eigenvalue weighted by molar-refractivity contribution is 0.0945. The molecule has 1 amide bonds. The molecule has 4 nitrogen and oxygen atoms in total. The van der Waals surface area contributed by atoms with E-state index in [1.807, 2.05) is 0 Å². The number of hydrogen-bond donors (Lipinski definition) is 2. The van der Waals surface area contributed by atoms with Crippen LogP contribution in [0.2, 0.25) is 0 Å². The molecule has 2 rings (SSSR count). The molecular weight excluding hydrogens is 204 g/mol. The summed E-state index contributed by atoms with van der Waals surface area (Å²) in [4.78, 5) is 25.8. The highest BCUT2D eigenvalue weighted by Crippen LogP contribution is 2.36. The SMILES string of the molecule is CC(CNC(=O)c1c[nH]ccc1=O)C1CC1. The summed E-state index contributed by atoms with van der Waals surface area (Å²) in [7, 11) is 0. The minimum absolute atomic E-state index is 0.186. The van der Waals surface area contributed by atoms with Gasteiger partial charge in [-0.25, -0.2) is 0 Å². The van der Waals surface area contributed by atoms with Crippen LogP contribution in [0, 0.1) is 11.8 Å². The Kier molecular flexibility index (Phi) is 3.08. The molecule has 0 radical (unpaired) electrons. The first kappa shape index (κ1) is 10.9. The monoisotopic (exact) mass is 220 g/mol. The number of nitrogens with one attached hydrogen (secondary N) is 2. The second-order valence-corrected chi connectivity index (χ2v) is 4.45. The van der Waals surface area contributed by atoms with Gasteiger partial charge in [-0.3, -0.25) is 9.59 Å². The second-order valence-electron chi connectivity index (χ2n) is 4.45. The number of carbonyl (C=O) groups is 1. The summed E-state index contributed by atoms with van der Waals surface area (Å²) in [5.74, 6) is 0.982. The second kappa shape index (κ2) is 4.51. The molecule has 1 atom stereocenters. The third-order valence-corrected chi connectivity index (χ3v) is 3.08. The van der Waals surface area contributed by atoms with E-state index < -0.39 is 0 Å². The lowest BCUT2D eigenvalue weighted by Crippen LogP contribution is -2.32. The molecule has 16 heavy (non-hydrogen) atoms. The summed E-state index contributed by atoms with van der Waals surface area (Å²) in [5, 5.41) is 2.80. The van der Waals surface area contributed by atoms with Crippen molar-refractivity contribution in [2.45, 2.75) is 19.8 Å². The van der Waals surface area contributed by atoms with Gasteiger partial charge in [-0.05, 0) is 24.7 Å². The molecule has 0 saturated heterocycles. The van der Waals surface area contributed by atoms with Crippen LogP contribution in [0.3, 0.4) is 0 Å². The largest absolute Gasteiger partial charge is 0.367 e. The van der Waals surface area contributed by atoms with E-state index in [1.54, 1.807) is 0 Å². The summed E-state index contributed by atoms with van der Waals surface area (Å²) >= 11 is 0. The van der Waals surface area contributed by atoms with E-state index in [-0.39, 0.29) is 16.9 Å². The first-order chi connectivity index (χ1) is 7.68. The Morgan fingerprint density at radius 2 is 2.38 bits per heavy atom. The molecule has 1 aliphatic carbocycles. The number of rotatable bonds is 4. The van der Waals surface area contributed by atoms with Gasteiger partial charge in [0, 0.05) is 25.0 Å². The molecule has 4 heteroatoms. The number of aromatic amines is 1. The zero-order valence-corrected chi connectivity index (χ0v) is 9.32. The first-order valence-corrected chi connectivity index (χ1v) is 5.64. The highest BCUT2D eigenvalue weighted by molar-refractivity contribution is 5.93. The maximum absolute atomic E-state index is 11.7. The van der Waals surface area contributed by atoms with Crippen LogP contribution < -0.4 is 10.7 Å². The predicted molar refractivity (Wildman–Crippen MR) is 61.3 cm³/mol. The Morgan fingerprint density at radius 3 is 3.00 bits per heavy atom. The lowest BCUT2D eigenvalue weighted by Gasteiger charge is -2.10. The molecular formula is C12H16N2O2. The van der Waals surface area contributed by atoms with Crippen LogP contribution in [0.15, 0.2) is 23.3 Å². The van der Waals surface area contributed by atoms with Gasteiger partial charge in [0.05, 0.1) is 0 Å². The lowest BCUT2D eigenvalue weighted by atomic mass is 10.1.